The van der Waals surface area contributed by atoms with Crippen molar-refractivity contribution < 1.29 is 0 Å². The zero-order chi connectivity index (χ0) is 9.80. The molecule has 2 nitrogen and oxygen atoms in total. The van der Waals surface area contributed by atoms with Gasteiger partial charge in [-0.2, -0.15) is 0 Å². The van der Waals surface area contributed by atoms with Gasteiger partial charge in [0, 0.05) is 18.3 Å². The Morgan fingerprint density at radius 1 is 1.36 bits per heavy atom. The molecule has 1 saturated heterocycles. The fraction of sp³-hybridized carbons (Fsp3) is 0.583. The van der Waals surface area contributed by atoms with Crippen molar-refractivity contribution in [2.24, 2.45) is 10.9 Å². The molecule has 2 aliphatic heterocycles. The molecule has 0 bridgehead atoms. The highest BCUT2D eigenvalue weighted by Gasteiger charge is 2.18. The van der Waals surface area contributed by atoms with Crippen molar-refractivity contribution in [3.63, 3.8) is 0 Å². The molecule has 14 heavy (non-hydrogen) atoms. The summed E-state index contributed by atoms with van der Waals surface area (Å²) < 4.78 is 0. The predicted molar refractivity (Wildman–Crippen MR) is 60.5 cm³/mol. The van der Waals surface area contributed by atoms with Gasteiger partial charge in [0.15, 0.2) is 0 Å². The maximum absolute atomic E-state index is 4.55. The van der Waals surface area contributed by atoms with Crippen LogP contribution in [0.2, 0.25) is 0 Å². The lowest BCUT2D eigenvalue weighted by Gasteiger charge is -2.23. The molecule has 2 heteroatoms. The van der Waals surface area contributed by atoms with E-state index in [1.54, 1.807) is 0 Å². The van der Waals surface area contributed by atoms with Gasteiger partial charge >= 0.3 is 0 Å². The number of aliphatic imine (C=N–C) groups is 1. The number of hydrogen-bond acceptors (Lipinski definition) is 2. The van der Waals surface area contributed by atoms with Crippen LogP contribution in [0.15, 0.2) is 28.9 Å². The summed E-state index contributed by atoms with van der Waals surface area (Å²) in [7, 11) is 0. The molecule has 0 spiro atoms. The molecule has 0 aliphatic carbocycles. The molecule has 0 aromatic carbocycles. The van der Waals surface area contributed by atoms with E-state index in [1.165, 1.54) is 24.1 Å². The molecule has 0 atom stereocenters. The van der Waals surface area contributed by atoms with Crippen LogP contribution in [0, 0.1) is 5.92 Å². The van der Waals surface area contributed by atoms with E-state index in [2.05, 4.69) is 29.4 Å². The van der Waals surface area contributed by atoms with Crippen LogP contribution in [0.4, 0.5) is 0 Å². The van der Waals surface area contributed by atoms with Crippen LogP contribution in [-0.2, 0) is 0 Å². The quantitative estimate of drug-likeness (QED) is 0.674. The van der Waals surface area contributed by atoms with Gasteiger partial charge in [0.05, 0.1) is 0 Å². The van der Waals surface area contributed by atoms with E-state index in [0.717, 1.165) is 19.5 Å². The monoisotopic (exact) mass is 190 g/mol. The summed E-state index contributed by atoms with van der Waals surface area (Å²) in [6.45, 7) is 4.43. The fourth-order valence-corrected chi connectivity index (χ4v) is 2.06. The normalized spacial score (nSPS) is 24.1. The van der Waals surface area contributed by atoms with E-state index in [1.807, 2.05) is 6.20 Å². The summed E-state index contributed by atoms with van der Waals surface area (Å²) in [6.07, 6.45) is 9.87. The molecule has 0 radical (unpaired) electrons. The number of nitrogens with one attached hydrogen (secondary N) is 1. The lowest BCUT2D eigenvalue weighted by Crippen LogP contribution is -2.31. The van der Waals surface area contributed by atoms with Crippen molar-refractivity contribution >= 4 is 5.71 Å². The molecule has 0 saturated carbocycles. The Morgan fingerprint density at radius 3 is 2.93 bits per heavy atom. The van der Waals surface area contributed by atoms with Gasteiger partial charge in [0.2, 0.25) is 0 Å². The van der Waals surface area contributed by atoms with E-state index < -0.39 is 0 Å². The molecule has 2 rings (SSSR count). The molecule has 76 valence electrons. The molecular formula is C12H18N2. The minimum atomic E-state index is 0.711. The van der Waals surface area contributed by atoms with Gasteiger partial charge < -0.3 is 5.32 Å². The Kier molecular flexibility index (Phi) is 3.14. The second kappa shape index (κ2) is 4.56. The van der Waals surface area contributed by atoms with Gasteiger partial charge in [-0.3, -0.25) is 4.99 Å². The van der Waals surface area contributed by atoms with E-state index in [4.69, 9.17) is 0 Å². The molecule has 0 aromatic rings. The molecule has 0 aromatic heterocycles. The molecule has 2 aliphatic rings. The summed E-state index contributed by atoms with van der Waals surface area (Å²) in [5.74, 6) is 0.711. The van der Waals surface area contributed by atoms with Crippen LogP contribution >= 0.6 is 0 Å². The first-order valence-corrected chi connectivity index (χ1v) is 5.47. The van der Waals surface area contributed by atoms with Crippen molar-refractivity contribution in [3.8, 4) is 0 Å². The van der Waals surface area contributed by atoms with Crippen molar-refractivity contribution in [2.75, 3.05) is 13.1 Å². The van der Waals surface area contributed by atoms with Gasteiger partial charge in [-0.05, 0) is 44.8 Å². The van der Waals surface area contributed by atoms with E-state index in [0.29, 0.717) is 5.92 Å². The van der Waals surface area contributed by atoms with E-state index >= 15 is 0 Å². The van der Waals surface area contributed by atoms with Crippen LogP contribution in [0.1, 0.15) is 26.2 Å². The lowest BCUT2D eigenvalue weighted by atomic mass is 9.91. The zero-order valence-electron chi connectivity index (χ0n) is 8.79. The summed E-state index contributed by atoms with van der Waals surface area (Å²) in [5.41, 5.74) is 2.71. The molecule has 0 unspecified atom stereocenters. The van der Waals surface area contributed by atoms with Gasteiger partial charge in [-0.1, -0.05) is 11.6 Å². The Labute approximate surface area is 85.8 Å². The SMILES string of the molecule is CC1=CCC(C2CCNCC2)=NC=C1. The van der Waals surface area contributed by atoms with Crippen LogP contribution in [0.5, 0.6) is 0 Å². The maximum atomic E-state index is 4.55. The number of allylic oxidation sites excluding steroid dienone is 3. The summed E-state index contributed by atoms with van der Waals surface area (Å²) in [6, 6.07) is 0. The second-order valence-corrected chi connectivity index (χ2v) is 4.11. The second-order valence-electron chi connectivity index (χ2n) is 4.11. The van der Waals surface area contributed by atoms with Crippen LogP contribution in [-0.4, -0.2) is 18.8 Å². The first-order valence-electron chi connectivity index (χ1n) is 5.47. The van der Waals surface area contributed by atoms with Crippen molar-refractivity contribution in [1.82, 2.24) is 5.32 Å². The lowest BCUT2D eigenvalue weighted by molar-refractivity contribution is 0.454. The summed E-state index contributed by atoms with van der Waals surface area (Å²) in [5, 5.41) is 3.39. The third-order valence-corrected chi connectivity index (χ3v) is 3.02. The Hall–Kier alpha value is -0.890. The molecular weight excluding hydrogens is 172 g/mol. The van der Waals surface area contributed by atoms with Crippen LogP contribution in [0.25, 0.3) is 0 Å². The number of piperidine rings is 1. The molecule has 1 fully saturated rings. The topological polar surface area (TPSA) is 24.4 Å². The predicted octanol–water partition coefficient (Wildman–Crippen LogP) is 2.29. The first kappa shape index (κ1) is 9.66. The summed E-state index contributed by atoms with van der Waals surface area (Å²) >= 11 is 0. The first-order chi connectivity index (χ1) is 6.86. The molecule has 1 N–H and O–H groups in total. The minimum Gasteiger partial charge on any atom is -0.317 e. The van der Waals surface area contributed by atoms with Crippen LogP contribution < -0.4 is 5.32 Å². The van der Waals surface area contributed by atoms with Gasteiger partial charge in [-0.15, -0.1) is 0 Å². The van der Waals surface area contributed by atoms with E-state index in [9.17, 15) is 0 Å². The highest BCUT2D eigenvalue weighted by molar-refractivity contribution is 5.89. The smallest absolute Gasteiger partial charge is 0.0269 e. The van der Waals surface area contributed by atoms with Gasteiger partial charge in [-0.25, -0.2) is 0 Å². The number of rotatable bonds is 1. The van der Waals surface area contributed by atoms with Crippen LogP contribution in [0.3, 0.4) is 0 Å². The third kappa shape index (κ3) is 2.32. The maximum Gasteiger partial charge on any atom is 0.0269 e. The number of hydrogen-bond donors (Lipinski definition) is 1. The zero-order valence-corrected chi connectivity index (χ0v) is 8.79. The molecule has 2 heterocycles. The van der Waals surface area contributed by atoms with Crippen molar-refractivity contribution in [3.05, 3.63) is 23.9 Å². The average molecular weight is 190 g/mol. The highest BCUT2D eigenvalue weighted by Crippen LogP contribution is 2.18. The van der Waals surface area contributed by atoms with Gasteiger partial charge in [0.25, 0.3) is 0 Å². The summed E-state index contributed by atoms with van der Waals surface area (Å²) in [4.78, 5) is 4.55. The fourth-order valence-electron chi connectivity index (χ4n) is 2.06. The van der Waals surface area contributed by atoms with E-state index in [-0.39, 0.29) is 0 Å². The minimum absolute atomic E-state index is 0.711. The van der Waals surface area contributed by atoms with Gasteiger partial charge in [0.1, 0.15) is 0 Å². The largest absolute Gasteiger partial charge is 0.317 e. The highest BCUT2D eigenvalue weighted by atomic mass is 14.9. The van der Waals surface area contributed by atoms with Crippen molar-refractivity contribution in [2.45, 2.75) is 26.2 Å². The third-order valence-electron chi connectivity index (χ3n) is 3.02. The Balaban J connectivity index is 2.03. The molecule has 0 amide bonds. The Morgan fingerprint density at radius 2 is 2.14 bits per heavy atom. The van der Waals surface area contributed by atoms with Crippen molar-refractivity contribution in [1.29, 1.82) is 0 Å². The average Bonchev–Trinajstić information content (AvgIpc) is 2.44. The Bertz CT molecular complexity index is 278. The standard InChI is InChI=1S/C12H18N2/c1-10-2-3-12(14-9-4-10)11-5-7-13-8-6-11/h2,4,9,11,13H,3,5-8H2,1H3. The number of nitrogens with zero attached hydrogens (tertiary/aromatic N) is 1.